The summed E-state index contributed by atoms with van der Waals surface area (Å²) in [7, 11) is 3.88. The predicted octanol–water partition coefficient (Wildman–Crippen LogP) is 4.02. The zero-order valence-electron chi connectivity index (χ0n) is 17.6. The average molecular weight is 434 g/mol. The Balaban J connectivity index is 1.66. The van der Waals surface area contributed by atoms with Gasteiger partial charge in [0.2, 0.25) is 5.88 Å². The number of aromatic nitrogens is 1. The first-order chi connectivity index (χ1) is 15.4. The maximum atomic E-state index is 11.9. The fraction of sp³-hybridized carbons (Fsp3) is 0.174. The van der Waals surface area contributed by atoms with Gasteiger partial charge >= 0.3 is 5.97 Å². The Morgan fingerprint density at radius 2 is 2.06 bits per heavy atom. The van der Waals surface area contributed by atoms with Gasteiger partial charge in [-0.25, -0.2) is 14.8 Å². The SMILES string of the molecule is CN(C)CCOc1ccccc1Nc1oc(C=C2C=Nc3ncccc32)c(O)c1C(=O)O. The average Bonchev–Trinajstić information content (AvgIpc) is 3.30. The third kappa shape index (κ3) is 4.33. The topological polar surface area (TPSA) is 120 Å². The molecule has 9 nitrogen and oxygen atoms in total. The van der Waals surface area contributed by atoms with E-state index < -0.39 is 11.7 Å². The summed E-state index contributed by atoms with van der Waals surface area (Å²) in [6, 6.07) is 10.7. The van der Waals surface area contributed by atoms with Gasteiger partial charge in [-0.15, -0.1) is 0 Å². The smallest absolute Gasteiger partial charge is 0.345 e. The number of para-hydroxylation sites is 2. The van der Waals surface area contributed by atoms with Gasteiger partial charge in [-0.1, -0.05) is 12.1 Å². The van der Waals surface area contributed by atoms with Crippen LogP contribution in [0, 0.1) is 0 Å². The van der Waals surface area contributed by atoms with Gasteiger partial charge < -0.3 is 29.6 Å². The van der Waals surface area contributed by atoms with Crippen LogP contribution in [0.4, 0.5) is 17.4 Å². The molecule has 3 heterocycles. The van der Waals surface area contributed by atoms with Crippen molar-refractivity contribution in [1.82, 2.24) is 9.88 Å². The molecule has 4 rings (SSSR count). The summed E-state index contributed by atoms with van der Waals surface area (Å²) in [6.07, 6.45) is 4.75. The summed E-state index contributed by atoms with van der Waals surface area (Å²) in [5.41, 5.74) is 1.54. The second-order valence-electron chi connectivity index (χ2n) is 7.33. The lowest BCUT2D eigenvalue weighted by atomic mass is 10.1. The van der Waals surface area contributed by atoms with Gasteiger partial charge in [0.05, 0.1) is 5.69 Å². The van der Waals surface area contributed by atoms with Crippen molar-refractivity contribution >= 4 is 41.2 Å². The minimum absolute atomic E-state index is 0.00550. The number of aromatic hydroxyl groups is 1. The van der Waals surface area contributed by atoms with Crippen molar-refractivity contribution in [3.8, 4) is 11.5 Å². The summed E-state index contributed by atoms with van der Waals surface area (Å²) in [5.74, 6) is -0.841. The lowest BCUT2D eigenvalue weighted by Crippen LogP contribution is -2.19. The summed E-state index contributed by atoms with van der Waals surface area (Å²) >= 11 is 0. The standard InChI is InChI=1S/C23H22N4O5/c1-27(2)10-11-31-17-8-4-3-7-16(17)26-22-19(23(29)30)20(28)18(32-22)12-14-13-25-21-15(14)6-5-9-24-21/h3-9,12-13,26,28H,10-11H2,1-2H3,(H,29,30). The number of pyridine rings is 1. The van der Waals surface area contributed by atoms with Gasteiger partial charge in [0, 0.05) is 30.1 Å². The van der Waals surface area contributed by atoms with E-state index in [1.807, 2.05) is 31.1 Å². The van der Waals surface area contributed by atoms with E-state index in [1.165, 1.54) is 6.08 Å². The molecule has 0 amide bonds. The highest BCUT2D eigenvalue weighted by Gasteiger charge is 2.26. The van der Waals surface area contributed by atoms with Crippen molar-refractivity contribution in [3.63, 3.8) is 0 Å². The molecule has 0 unspecified atom stereocenters. The summed E-state index contributed by atoms with van der Waals surface area (Å²) in [5, 5.41) is 23.2. The zero-order valence-corrected chi connectivity index (χ0v) is 17.6. The van der Waals surface area contributed by atoms with Gasteiger partial charge in [0.25, 0.3) is 0 Å². The quantitative estimate of drug-likeness (QED) is 0.486. The highest BCUT2D eigenvalue weighted by atomic mass is 16.5. The summed E-state index contributed by atoms with van der Waals surface area (Å²) in [4.78, 5) is 22.2. The third-order valence-electron chi connectivity index (χ3n) is 4.76. The second kappa shape index (κ2) is 8.94. The van der Waals surface area contributed by atoms with Crippen molar-refractivity contribution in [2.45, 2.75) is 0 Å². The van der Waals surface area contributed by atoms with Crippen LogP contribution < -0.4 is 10.1 Å². The fourth-order valence-electron chi connectivity index (χ4n) is 3.16. The summed E-state index contributed by atoms with van der Waals surface area (Å²) < 4.78 is 11.5. The number of furan rings is 1. The molecular weight excluding hydrogens is 412 g/mol. The van der Waals surface area contributed by atoms with Crippen molar-refractivity contribution < 1.29 is 24.2 Å². The minimum atomic E-state index is -1.33. The predicted molar refractivity (Wildman–Crippen MR) is 121 cm³/mol. The van der Waals surface area contributed by atoms with Gasteiger partial charge in [0.15, 0.2) is 22.9 Å². The number of fused-ring (bicyclic) bond motifs is 1. The molecule has 164 valence electrons. The maximum Gasteiger partial charge on any atom is 0.345 e. The first-order valence-corrected chi connectivity index (χ1v) is 9.88. The highest BCUT2D eigenvalue weighted by Crippen LogP contribution is 2.40. The molecule has 32 heavy (non-hydrogen) atoms. The number of nitrogens with one attached hydrogen (secondary N) is 1. The first kappa shape index (κ1) is 21.1. The molecular formula is C23H22N4O5. The first-order valence-electron chi connectivity index (χ1n) is 9.88. The number of nitrogens with zero attached hydrogens (tertiary/aromatic N) is 3. The number of ether oxygens (including phenoxy) is 1. The Bertz CT molecular complexity index is 1210. The Labute approximate surface area is 184 Å². The van der Waals surface area contributed by atoms with E-state index in [-0.39, 0.29) is 17.2 Å². The van der Waals surface area contributed by atoms with Crippen LogP contribution in [0.5, 0.6) is 11.5 Å². The number of carboxylic acids is 1. The molecule has 0 fully saturated rings. The Hall–Kier alpha value is -4.11. The number of aromatic carboxylic acids is 1. The largest absolute Gasteiger partial charge is 0.504 e. The van der Waals surface area contributed by atoms with Gasteiger partial charge in [-0.3, -0.25) is 0 Å². The molecule has 0 spiro atoms. The molecule has 3 N–H and O–H groups in total. The molecule has 0 saturated carbocycles. The van der Waals surface area contributed by atoms with E-state index in [0.717, 1.165) is 5.56 Å². The monoisotopic (exact) mass is 434 g/mol. The fourth-order valence-corrected chi connectivity index (χ4v) is 3.16. The number of carbonyl (C=O) groups is 1. The third-order valence-corrected chi connectivity index (χ3v) is 4.76. The van der Waals surface area contributed by atoms with E-state index in [4.69, 9.17) is 9.15 Å². The number of allylic oxidation sites excluding steroid dienone is 1. The molecule has 1 aliphatic heterocycles. The minimum Gasteiger partial charge on any atom is -0.504 e. The Morgan fingerprint density at radius 1 is 1.25 bits per heavy atom. The van der Waals surface area contributed by atoms with E-state index in [1.54, 1.807) is 36.7 Å². The van der Waals surface area contributed by atoms with Gasteiger partial charge in [-0.2, -0.15) is 0 Å². The molecule has 0 radical (unpaired) electrons. The molecule has 0 aliphatic carbocycles. The molecule has 3 aromatic rings. The van der Waals surface area contributed by atoms with E-state index in [2.05, 4.69) is 15.3 Å². The highest BCUT2D eigenvalue weighted by molar-refractivity contribution is 6.21. The Kier molecular flexibility index (Phi) is 5.91. The van der Waals surface area contributed by atoms with Crippen molar-refractivity contribution in [1.29, 1.82) is 0 Å². The van der Waals surface area contributed by atoms with Crippen LogP contribution in [0.1, 0.15) is 21.7 Å². The number of likely N-dealkylation sites (N-methyl/N-ethyl adjacent to an activating group) is 1. The zero-order chi connectivity index (χ0) is 22.7. The molecule has 1 aromatic carbocycles. The van der Waals surface area contributed by atoms with Gasteiger partial charge in [-0.05, 0) is 44.4 Å². The number of benzene rings is 1. The normalized spacial score (nSPS) is 13.5. The number of anilines is 2. The number of hydrogen-bond acceptors (Lipinski definition) is 8. The number of aliphatic imine (C=N–C) groups is 1. The number of rotatable bonds is 8. The molecule has 9 heteroatoms. The molecule has 2 aromatic heterocycles. The van der Waals surface area contributed by atoms with Gasteiger partial charge in [0.1, 0.15) is 12.4 Å². The van der Waals surface area contributed by atoms with E-state index in [0.29, 0.717) is 36.0 Å². The molecule has 1 aliphatic rings. The van der Waals surface area contributed by atoms with Crippen molar-refractivity contribution in [2.24, 2.45) is 4.99 Å². The van der Waals surface area contributed by atoms with Crippen LogP contribution in [0.25, 0.3) is 11.6 Å². The van der Waals surface area contributed by atoms with E-state index in [9.17, 15) is 15.0 Å². The molecule has 0 bridgehead atoms. The van der Waals surface area contributed by atoms with Crippen LogP contribution in [-0.4, -0.2) is 59.5 Å². The number of carboxylic acid groups (broad SMARTS) is 1. The lowest BCUT2D eigenvalue weighted by Gasteiger charge is -2.14. The second-order valence-corrected chi connectivity index (χ2v) is 7.33. The number of hydrogen-bond donors (Lipinski definition) is 3. The molecule has 0 saturated heterocycles. The van der Waals surface area contributed by atoms with Crippen molar-refractivity contribution in [3.05, 3.63) is 59.5 Å². The Morgan fingerprint density at radius 3 is 2.84 bits per heavy atom. The molecule has 0 atom stereocenters. The van der Waals surface area contributed by atoms with Crippen molar-refractivity contribution in [2.75, 3.05) is 32.6 Å². The van der Waals surface area contributed by atoms with E-state index >= 15 is 0 Å². The summed E-state index contributed by atoms with van der Waals surface area (Å²) in [6.45, 7) is 1.16. The van der Waals surface area contributed by atoms with Crippen LogP contribution in [0.2, 0.25) is 0 Å². The van der Waals surface area contributed by atoms with Crippen LogP contribution in [-0.2, 0) is 0 Å². The van der Waals surface area contributed by atoms with Crippen LogP contribution in [0.3, 0.4) is 0 Å². The van der Waals surface area contributed by atoms with Crippen LogP contribution in [0.15, 0.2) is 52.0 Å². The van der Waals surface area contributed by atoms with Crippen LogP contribution >= 0.6 is 0 Å². The lowest BCUT2D eigenvalue weighted by molar-refractivity contribution is 0.0695. The maximum absolute atomic E-state index is 11.9.